The summed E-state index contributed by atoms with van der Waals surface area (Å²) in [7, 11) is -3.96. The van der Waals surface area contributed by atoms with Gasteiger partial charge < -0.3 is 5.32 Å². The SMILES string of the molecule is CCc1ccc(NS(=O)(=O)c2ccc3c4c(cccc24)C(=O)N3)c(C#N)c1. The van der Waals surface area contributed by atoms with Gasteiger partial charge in [-0.1, -0.05) is 25.1 Å². The number of nitrogens with one attached hydrogen (secondary N) is 2. The Hall–Kier alpha value is -3.37. The molecule has 0 aromatic heterocycles. The van der Waals surface area contributed by atoms with Gasteiger partial charge in [-0.15, -0.1) is 0 Å². The number of hydrogen-bond acceptors (Lipinski definition) is 4. The molecule has 0 bridgehead atoms. The maximum Gasteiger partial charge on any atom is 0.262 e. The smallest absolute Gasteiger partial charge is 0.262 e. The lowest BCUT2D eigenvalue weighted by molar-refractivity contribution is 0.103. The number of rotatable bonds is 4. The molecule has 0 saturated carbocycles. The molecule has 6 nitrogen and oxygen atoms in total. The Morgan fingerprint density at radius 1 is 1.15 bits per heavy atom. The van der Waals surface area contributed by atoms with Gasteiger partial charge in [0, 0.05) is 22.0 Å². The van der Waals surface area contributed by atoms with Gasteiger partial charge in [-0.3, -0.25) is 9.52 Å². The third-order valence-corrected chi connectivity index (χ3v) is 6.06. The van der Waals surface area contributed by atoms with Gasteiger partial charge in [0.1, 0.15) is 6.07 Å². The van der Waals surface area contributed by atoms with Crippen molar-refractivity contribution in [2.45, 2.75) is 18.2 Å². The minimum atomic E-state index is -3.96. The normalized spacial score (nSPS) is 12.7. The molecule has 4 rings (SSSR count). The molecule has 0 unspecified atom stereocenters. The molecule has 3 aromatic rings. The number of carbonyl (C=O) groups is 1. The van der Waals surface area contributed by atoms with Crippen LogP contribution in [-0.2, 0) is 16.4 Å². The lowest BCUT2D eigenvalue weighted by atomic mass is 10.1. The third-order valence-electron chi connectivity index (χ3n) is 4.64. The third kappa shape index (κ3) is 2.71. The topological polar surface area (TPSA) is 99.1 Å². The summed E-state index contributed by atoms with van der Waals surface area (Å²) in [6.45, 7) is 1.96. The van der Waals surface area contributed by atoms with E-state index >= 15 is 0 Å². The first-order valence-corrected chi connectivity index (χ1v) is 9.86. The minimum absolute atomic E-state index is 0.0584. The van der Waals surface area contributed by atoms with Crippen LogP contribution in [-0.4, -0.2) is 14.3 Å². The van der Waals surface area contributed by atoms with E-state index < -0.39 is 10.0 Å². The summed E-state index contributed by atoms with van der Waals surface area (Å²) >= 11 is 0. The molecule has 0 radical (unpaired) electrons. The zero-order chi connectivity index (χ0) is 19.2. The van der Waals surface area contributed by atoms with Gasteiger partial charge in [0.2, 0.25) is 0 Å². The molecule has 0 fully saturated rings. The number of nitrogens with zero attached hydrogens (tertiary/aromatic N) is 1. The second-order valence-electron chi connectivity index (χ2n) is 6.24. The number of hydrogen-bond donors (Lipinski definition) is 2. The van der Waals surface area contributed by atoms with E-state index in [1.54, 1.807) is 42.5 Å². The van der Waals surface area contributed by atoms with Crippen molar-refractivity contribution in [1.29, 1.82) is 5.26 Å². The average Bonchev–Trinajstić information content (AvgIpc) is 2.99. The first-order valence-electron chi connectivity index (χ1n) is 8.37. The van der Waals surface area contributed by atoms with E-state index in [0.717, 1.165) is 12.0 Å². The highest BCUT2D eigenvalue weighted by Gasteiger charge is 2.26. The molecular weight excluding hydrogens is 362 g/mol. The second kappa shape index (κ2) is 6.11. The summed E-state index contributed by atoms with van der Waals surface area (Å²) in [4.78, 5) is 12.1. The summed E-state index contributed by atoms with van der Waals surface area (Å²) in [5.74, 6) is -0.250. The van der Waals surface area contributed by atoms with Crippen molar-refractivity contribution in [2.75, 3.05) is 10.0 Å². The number of benzene rings is 3. The van der Waals surface area contributed by atoms with Gasteiger partial charge in [-0.05, 0) is 42.3 Å². The van der Waals surface area contributed by atoms with E-state index in [0.29, 0.717) is 22.0 Å². The Morgan fingerprint density at radius 2 is 1.96 bits per heavy atom. The molecule has 27 heavy (non-hydrogen) atoms. The Kier molecular flexibility index (Phi) is 3.86. The van der Waals surface area contributed by atoms with E-state index in [1.807, 2.05) is 13.0 Å². The average molecular weight is 377 g/mol. The summed E-state index contributed by atoms with van der Waals surface area (Å²) in [6, 6.07) is 15.1. The van der Waals surface area contributed by atoms with E-state index in [-0.39, 0.29) is 22.1 Å². The van der Waals surface area contributed by atoms with E-state index in [4.69, 9.17) is 0 Å². The molecule has 0 spiro atoms. The van der Waals surface area contributed by atoms with Crippen LogP contribution in [0.1, 0.15) is 28.4 Å². The number of sulfonamides is 1. The molecule has 2 N–H and O–H groups in total. The molecular formula is C20H15N3O3S. The molecule has 1 aliphatic rings. The standard InChI is InChI=1S/C20H15N3O3S/c1-2-12-6-7-16(13(10-12)11-21)23-27(25,26)18-9-8-17-19-14(18)4-3-5-15(19)20(24)22-17/h3-10,23H,2H2,1H3,(H,22,24). The van der Waals surface area contributed by atoms with Crippen molar-refractivity contribution in [2.24, 2.45) is 0 Å². The molecule has 0 atom stereocenters. The Morgan fingerprint density at radius 3 is 2.70 bits per heavy atom. The number of carbonyl (C=O) groups excluding carboxylic acids is 1. The monoisotopic (exact) mass is 377 g/mol. The number of aryl methyl sites for hydroxylation is 1. The van der Waals surface area contributed by atoms with E-state index in [2.05, 4.69) is 10.0 Å². The minimum Gasteiger partial charge on any atom is -0.321 e. The van der Waals surface area contributed by atoms with Crippen LogP contribution in [0.5, 0.6) is 0 Å². The predicted molar refractivity (Wildman–Crippen MR) is 103 cm³/mol. The molecule has 134 valence electrons. The fraction of sp³-hybridized carbons (Fsp3) is 0.100. The van der Waals surface area contributed by atoms with Gasteiger partial charge in [-0.25, -0.2) is 8.42 Å². The van der Waals surface area contributed by atoms with Crippen LogP contribution in [0.4, 0.5) is 11.4 Å². The fourth-order valence-corrected chi connectivity index (χ4v) is 4.57. The van der Waals surface area contributed by atoms with Crippen LogP contribution in [0, 0.1) is 11.3 Å². The summed E-state index contributed by atoms with van der Waals surface area (Å²) in [5, 5.41) is 13.1. The molecule has 1 aliphatic heterocycles. The highest BCUT2D eigenvalue weighted by molar-refractivity contribution is 7.93. The quantitative estimate of drug-likeness (QED) is 0.725. The second-order valence-corrected chi connectivity index (χ2v) is 7.90. The van der Waals surface area contributed by atoms with Gasteiger partial charge in [0.15, 0.2) is 0 Å². The molecule has 0 aliphatic carbocycles. The number of amides is 1. The van der Waals surface area contributed by atoms with Crippen molar-refractivity contribution in [1.82, 2.24) is 0 Å². The van der Waals surface area contributed by atoms with Gasteiger partial charge >= 0.3 is 0 Å². The lowest BCUT2D eigenvalue weighted by Crippen LogP contribution is -2.14. The molecule has 1 amide bonds. The first kappa shape index (κ1) is 17.1. The van der Waals surface area contributed by atoms with Crippen LogP contribution in [0.3, 0.4) is 0 Å². The van der Waals surface area contributed by atoms with Crippen LogP contribution in [0.25, 0.3) is 10.8 Å². The number of anilines is 2. The Bertz CT molecular complexity index is 1260. The van der Waals surface area contributed by atoms with Gasteiger partial charge in [0.05, 0.1) is 16.1 Å². The van der Waals surface area contributed by atoms with Crippen molar-refractivity contribution in [3.63, 3.8) is 0 Å². The largest absolute Gasteiger partial charge is 0.321 e. The highest BCUT2D eigenvalue weighted by Crippen LogP contribution is 2.37. The highest BCUT2D eigenvalue weighted by atomic mass is 32.2. The number of nitriles is 1. The molecule has 7 heteroatoms. The first-order chi connectivity index (χ1) is 12.9. The molecule has 3 aromatic carbocycles. The maximum atomic E-state index is 13.0. The lowest BCUT2D eigenvalue weighted by Gasteiger charge is -2.13. The van der Waals surface area contributed by atoms with Crippen LogP contribution in [0.15, 0.2) is 53.4 Å². The maximum absolute atomic E-state index is 13.0. The van der Waals surface area contributed by atoms with Crippen molar-refractivity contribution >= 4 is 38.1 Å². The summed E-state index contributed by atoms with van der Waals surface area (Å²) < 4.78 is 28.6. The zero-order valence-electron chi connectivity index (χ0n) is 14.4. The van der Waals surface area contributed by atoms with E-state index in [9.17, 15) is 18.5 Å². The van der Waals surface area contributed by atoms with Crippen LogP contribution in [0.2, 0.25) is 0 Å². The van der Waals surface area contributed by atoms with Crippen molar-refractivity contribution in [3.8, 4) is 6.07 Å². The van der Waals surface area contributed by atoms with Crippen LogP contribution < -0.4 is 10.0 Å². The molecule has 1 heterocycles. The van der Waals surface area contributed by atoms with Crippen molar-refractivity contribution < 1.29 is 13.2 Å². The Labute approximate surface area is 156 Å². The fourth-order valence-electron chi connectivity index (χ4n) is 3.29. The van der Waals surface area contributed by atoms with Gasteiger partial charge in [0.25, 0.3) is 15.9 Å². The van der Waals surface area contributed by atoms with Gasteiger partial charge in [-0.2, -0.15) is 5.26 Å². The van der Waals surface area contributed by atoms with E-state index in [1.165, 1.54) is 6.07 Å². The zero-order valence-corrected chi connectivity index (χ0v) is 15.2. The van der Waals surface area contributed by atoms with Crippen molar-refractivity contribution in [3.05, 3.63) is 65.2 Å². The molecule has 0 saturated heterocycles. The van der Waals surface area contributed by atoms with Crippen LogP contribution >= 0.6 is 0 Å². The Balaban J connectivity index is 1.84. The predicted octanol–water partition coefficient (Wildman–Crippen LogP) is 3.64. The summed E-state index contributed by atoms with van der Waals surface area (Å²) in [5.41, 5.74) is 2.48. The summed E-state index contributed by atoms with van der Waals surface area (Å²) in [6.07, 6.45) is 0.748.